The van der Waals surface area contributed by atoms with Crippen molar-refractivity contribution in [1.29, 1.82) is 0 Å². The molecule has 0 bridgehead atoms. The number of hydrogen-bond acceptors (Lipinski definition) is 6. The number of halogens is 3. The first-order valence-corrected chi connectivity index (χ1v) is 6.95. The lowest BCUT2D eigenvalue weighted by Crippen LogP contribution is -2.39. The first-order chi connectivity index (χ1) is 10.8. The molecule has 2 fully saturated rings. The molecule has 1 aromatic rings. The highest BCUT2D eigenvalue weighted by atomic mass is 19.4. The highest BCUT2D eigenvalue weighted by Gasteiger charge is 2.40. The van der Waals surface area contributed by atoms with Crippen LogP contribution < -0.4 is 0 Å². The third-order valence-electron chi connectivity index (χ3n) is 3.76. The summed E-state index contributed by atoms with van der Waals surface area (Å²) in [6, 6.07) is 0. The molecule has 0 aliphatic carbocycles. The van der Waals surface area contributed by atoms with Crippen LogP contribution in [0, 0.1) is 0 Å². The van der Waals surface area contributed by atoms with Crippen LogP contribution in [-0.4, -0.2) is 64.7 Å². The van der Waals surface area contributed by atoms with E-state index in [-0.39, 0.29) is 31.4 Å². The van der Waals surface area contributed by atoms with E-state index in [4.69, 9.17) is 4.74 Å². The molecular formula is C12H13F3N4O4. The Balaban J connectivity index is 1.58. The lowest BCUT2D eigenvalue weighted by Gasteiger charge is -2.19. The number of amides is 2. The Labute approximate surface area is 128 Å². The summed E-state index contributed by atoms with van der Waals surface area (Å²) in [6.07, 6.45) is -4.79. The molecule has 23 heavy (non-hydrogen) atoms. The fourth-order valence-electron chi connectivity index (χ4n) is 2.55. The molecule has 0 N–H and O–H groups in total. The Morgan fingerprint density at radius 2 is 2.13 bits per heavy atom. The maximum atomic E-state index is 12.4. The Morgan fingerprint density at radius 1 is 1.35 bits per heavy atom. The minimum absolute atomic E-state index is 0.0618. The van der Waals surface area contributed by atoms with E-state index in [1.165, 1.54) is 9.80 Å². The van der Waals surface area contributed by atoms with Crippen LogP contribution >= 0.6 is 0 Å². The van der Waals surface area contributed by atoms with Crippen molar-refractivity contribution in [3.8, 4) is 0 Å². The largest absolute Gasteiger partial charge is 0.471 e. The number of hydrogen-bond donors (Lipinski definition) is 0. The van der Waals surface area contributed by atoms with Gasteiger partial charge in [-0.25, -0.2) is 4.79 Å². The molecule has 0 unspecified atom stereocenters. The number of nitrogens with zero attached hydrogens (tertiary/aromatic N) is 4. The summed E-state index contributed by atoms with van der Waals surface area (Å²) >= 11 is 0. The first-order valence-electron chi connectivity index (χ1n) is 6.95. The summed E-state index contributed by atoms with van der Waals surface area (Å²) in [7, 11) is 0. The topological polar surface area (TPSA) is 88.8 Å². The predicted molar refractivity (Wildman–Crippen MR) is 66.2 cm³/mol. The van der Waals surface area contributed by atoms with Gasteiger partial charge in [-0.1, -0.05) is 5.16 Å². The fraction of sp³-hybridized carbons (Fsp3) is 0.667. The van der Waals surface area contributed by atoms with Gasteiger partial charge in [0.2, 0.25) is 5.91 Å². The number of alkyl halides is 3. The van der Waals surface area contributed by atoms with Crippen LogP contribution in [0.3, 0.4) is 0 Å². The summed E-state index contributed by atoms with van der Waals surface area (Å²) in [5.41, 5.74) is 0. The van der Waals surface area contributed by atoms with Crippen LogP contribution in [0.15, 0.2) is 4.52 Å². The van der Waals surface area contributed by atoms with Crippen LogP contribution in [0.2, 0.25) is 0 Å². The van der Waals surface area contributed by atoms with E-state index >= 15 is 0 Å². The highest BCUT2D eigenvalue weighted by molar-refractivity contribution is 5.83. The number of cyclic esters (lactones) is 1. The zero-order chi connectivity index (χ0) is 16.6. The van der Waals surface area contributed by atoms with Gasteiger partial charge in [-0.2, -0.15) is 18.2 Å². The van der Waals surface area contributed by atoms with E-state index in [1.807, 2.05) is 0 Å². The normalized spacial score (nSPS) is 21.9. The number of aromatic nitrogens is 2. The molecule has 2 amide bonds. The van der Waals surface area contributed by atoms with E-state index in [0.29, 0.717) is 19.5 Å². The third kappa shape index (κ3) is 3.22. The Hall–Kier alpha value is -2.33. The van der Waals surface area contributed by atoms with Crippen LogP contribution in [0.4, 0.5) is 18.0 Å². The average molecular weight is 334 g/mol. The molecule has 0 aromatic carbocycles. The second-order valence-corrected chi connectivity index (χ2v) is 5.32. The van der Waals surface area contributed by atoms with Gasteiger partial charge in [0.1, 0.15) is 13.2 Å². The third-order valence-corrected chi connectivity index (χ3v) is 3.76. The minimum atomic E-state index is -4.69. The monoisotopic (exact) mass is 334 g/mol. The van der Waals surface area contributed by atoms with E-state index in [2.05, 4.69) is 14.7 Å². The minimum Gasteiger partial charge on any atom is -0.448 e. The summed E-state index contributed by atoms with van der Waals surface area (Å²) < 4.78 is 46.3. The molecule has 3 rings (SSSR count). The lowest BCUT2D eigenvalue weighted by atomic mass is 10.1. The quantitative estimate of drug-likeness (QED) is 0.814. The molecule has 2 aliphatic rings. The Kier molecular flexibility index (Phi) is 3.86. The number of carbonyl (C=O) groups is 2. The number of likely N-dealkylation sites (tertiary alicyclic amines) is 1. The van der Waals surface area contributed by atoms with Crippen LogP contribution in [0.5, 0.6) is 0 Å². The molecule has 1 aromatic heterocycles. The summed E-state index contributed by atoms with van der Waals surface area (Å²) in [5.74, 6) is -2.15. The van der Waals surface area contributed by atoms with Gasteiger partial charge in [-0.05, 0) is 6.42 Å². The molecule has 0 spiro atoms. The molecule has 1 atom stereocenters. The van der Waals surface area contributed by atoms with Gasteiger partial charge >= 0.3 is 18.2 Å². The fourth-order valence-corrected chi connectivity index (χ4v) is 2.55. The van der Waals surface area contributed by atoms with Gasteiger partial charge in [-0.3, -0.25) is 9.69 Å². The Morgan fingerprint density at radius 3 is 2.74 bits per heavy atom. The van der Waals surface area contributed by atoms with Crippen molar-refractivity contribution in [2.24, 2.45) is 0 Å². The van der Waals surface area contributed by atoms with Crippen LogP contribution in [-0.2, 0) is 15.7 Å². The van der Waals surface area contributed by atoms with Crippen molar-refractivity contribution in [1.82, 2.24) is 19.9 Å². The van der Waals surface area contributed by atoms with E-state index < -0.39 is 24.1 Å². The number of ether oxygens (including phenoxy) is 1. The van der Waals surface area contributed by atoms with Crippen molar-refractivity contribution in [2.75, 3.05) is 32.8 Å². The van der Waals surface area contributed by atoms with Crippen molar-refractivity contribution in [2.45, 2.75) is 18.5 Å². The second kappa shape index (κ2) is 5.70. The summed E-state index contributed by atoms with van der Waals surface area (Å²) in [5, 5.41) is 3.35. The van der Waals surface area contributed by atoms with Gasteiger partial charge in [0.15, 0.2) is 5.82 Å². The van der Waals surface area contributed by atoms with Crippen molar-refractivity contribution < 1.29 is 32.0 Å². The SMILES string of the molecule is O=C(CN1CCOC1=O)N1CC[C@H](c2noc(C(F)(F)F)n2)C1. The predicted octanol–water partition coefficient (Wildman–Crippen LogP) is 0.857. The molecule has 11 heteroatoms. The zero-order valence-electron chi connectivity index (χ0n) is 11.9. The molecule has 0 saturated carbocycles. The van der Waals surface area contributed by atoms with E-state index in [0.717, 1.165) is 0 Å². The molecular weight excluding hydrogens is 321 g/mol. The maximum Gasteiger partial charge on any atom is 0.471 e. The number of carbonyl (C=O) groups excluding carboxylic acids is 2. The van der Waals surface area contributed by atoms with Crippen molar-refractivity contribution >= 4 is 12.0 Å². The van der Waals surface area contributed by atoms with Crippen LogP contribution in [0.25, 0.3) is 0 Å². The molecule has 2 saturated heterocycles. The standard InChI is InChI=1S/C12H13F3N4O4/c13-12(14,15)10-16-9(17-23-10)7-1-2-18(5-7)8(20)6-19-3-4-22-11(19)21/h7H,1-6H2/t7-/m0/s1. The van der Waals surface area contributed by atoms with Crippen LogP contribution in [0.1, 0.15) is 24.1 Å². The second-order valence-electron chi connectivity index (χ2n) is 5.32. The summed E-state index contributed by atoms with van der Waals surface area (Å²) in [4.78, 5) is 29.5. The number of rotatable bonds is 3. The van der Waals surface area contributed by atoms with E-state index in [1.54, 1.807) is 0 Å². The smallest absolute Gasteiger partial charge is 0.448 e. The Bertz CT molecular complexity index is 618. The maximum absolute atomic E-state index is 12.4. The average Bonchev–Trinajstić information content (AvgIpc) is 3.17. The lowest BCUT2D eigenvalue weighted by molar-refractivity contribution is -0.159. The first kappa shape index (κ1) is 15.6. The highest BCUT2D eigenvalue weighted by Crippen LogP contribution is 2.31. The molecule has 0 radical (unpaired) electrons. The zero-order valence-corrected chi connectivity index (χ0v) is 11.9. The molecule has 3 heterocycles. The molecule has 126 valence electrons. The van der Waals surface area contributed by atoms with Gasteiger partial charge < -0.3 is 14.2 Å². The van der Waals surface area contributed by atoms with Crippen molar-refractivity contribution in [3.05, 3.63) is 11.7 Å². The van der Waals surface area contributed by atoms with Gasteiger partial charge in [0.05, 0.1) is 6.54 Å². The molecule has 2 aliphatic heterocycles. The van der Waals surface area contributed by atoms with Gasteiger partial charge in [-0.15, -0.1) is 0 Å². The van der Waals surface area contributed by atoms with Gasteiger partial charge in [0, 0.05) is 19.0 Å². The van der Waals surface area contributed by atoms with Gasteiger partial charge in [0.25, 0.3) is 0 Å². The summed E-state index contributed by atoms with van der Waals surface area (Å²) in [6.45, 7) is 1.05. The van der Waals surface area contributed by atoms with E-state index in [9.17, 15) is 22.8 Å². The van der Waals surface area contributed by atoms with Crippen molar-refractivity contribution in [3.63, 3.8) is 0 Å². The molecule has 8 nitrogen and oxygen atoms in total.